The Morgan fingerprint density at radius 1 is 1.20 bits per heavy atom. The second-order valence-electron chi connectivity index (χ2n) is 5.44. The van der Waals surface area contributed by atoms with E-state index in [4.69, 9.17) is 0 Å². The third kappa shape index (κ3) is 2.62. The largest absolute Gasteiger partial charge is 0.310 e. The molecule has 3 rings (SSSR count). The van der Waals surface area contributed by atoms with E-state index in [1.807, 2.05) is 18.4 Å². The van der Waals surface area contributed by atoms with Crippen molar-refractivity contribution in [3.63, 3.8) is 0 Å². The predicted molar refractivity (Wildman–Crippen MR) is 81.5 cm³/mol. The van der Waals surface area contributed by atoms with E-state index in [-0.39, 0.29) is 0 Å². The van der Waals surface area contributed by atoms with Crippen LogP contribution in [0, 0.1) is 0 Å². The first kappa shape index (κ1) is 14.4. The summed E-state index contributed by atoms with van der Waals surface area (Å²) >= 11 is 1.49. The molecule has 2 atom stereocenters. The number of hydrogen-bond donors (Lipinski definition) is 1. The van der Waals surface area contributed by atoms with Crippen molar-refractivity contribution in [1.29, 1.82) is 0 Å². The summed E-state index contributed by atoms with van der Waals surface area (Å²) in [5.74, 6) is 0. The zero-order chi connectivity index (χ0) is 14.2. The van der Waals surface area contributed by atoms with Crippen LogP contribution in [0.1, 0.15) is 19.3 Å². The van der Waals surface area contributed by atoms with Crippen molar-refractivity contribution in [2.45, 2.75) is 41.1 Å². The Hall–Kier alpha value is -0.560. The standard InChI is InChI=1S/C14H20N2O2S2/c1-19-13-4-2-3-5-14(13)20(17,18)16-9-8-11-6-7-12(10-16)15-11/h2-5,11-12,15H,6-10H2,1H3. The average molecular weight is 312 g/mol. The normalized spacial score (nSPS) is 27.4. The minimum Gasteiger partial charge on any atom is -0.310 e. The Kier molecular flexibility index (Phi) is 4.08. The van der Waals surface area contributed by atoms with Gasteiger partial charge in [-0.2, -0.15) is 4.31 Å². The van der Waals surface area contributed by atoms with Crippen LogP contribution in [0.2, 0.25) is 0 Å². The Labute approximate surface area is 125 Å². The highest BCUT2D eigenvalue weighted by atomic mass is 32.2. The van der Waals surface area contributed by atoms with Crippen LogP contribution < -0.4 is 5.32 Å². The second kappa shape index (κ2) is 5.67. The second-order valence-corrected chi connectivity index (χ2v) is 8.19. The number of thioether (sulfide) groups is 1. The Morgan fingerprint density at radius 2 is 1.95 bits per heavy atom. The Morgan fingerprint density at radius 3 is 2.75 bits per heavy atom. The fraction of sp³-hybridized carbons (Fsp3) is 0.571. The Balaban J connectivity index is 1.91. The van der Waals surface area contributed by atoms with E-state index in [0.717, 1.165) is 17.7 Å². The molecule has 2 unspecified atom stereocenters. The van der Waals surface area contributed by atoms with Gasteiger partial charge in [0.2, 0.25) is 10.0 Å². The van der Waals surface area contributed by atoms with E-state index in [0.29, 0.717) is 30.1 Å². The topological polar surface area (TPSA) is 49.4 Å². The van der Waals surface area contributed by atoms with Crippen molar-refractivity contribution >= 4 is 21.8 Å². The molecule has 2 saturated heterocycles. The highest BCUT2D eigenvalue weighted by molar-refractivity contribution is 7.99. The third-order valence-corrected chi connectivity index (χ3v) is 7.02. The van der Waals surface area contributed by atoms with E-state index < -0.39 is 10.0 Å². The number of benzene rings is 1. The SMILES string of the molecule is CSc1ccccc1S(=O)(=O)N1CCC2CCC(C1)N2. The molecule has 2 aliphatic heterocycles. The first-order valence-corrected chi connectivity index (χ1v) is 9.67. The van der Waals surface area contributed by atoms with Crippen LogP contribution in [0.5, 0.6) is 0 Å². The van der Waals surface area contributed by atoms with Gasteiger partial charge >= 0.3 is 0 Å². The molecule has 2 bridgehead atoms. The monoisotopic (exact) mass is 312 g/mol. The minimum absolute atomic E-state index is 0.318. The summed E-state index contributed by atoms with van der Waals surface area (Å²) in [7, 11) is -3.38. The van der Waals surface area contributed by atoms with E-state index in [9.17, 15) is 8.42 Å². The molecule has 0 spiro atoms. The first-order chi connectivity index (χ1) is 9.61. The number of sulfonamides is 1. The van der Waals surface area contributed by atoms with Gasteiger partial charge in [-0.15, -0.1) is 11.8 Å². The highest BCUT2D eigenvalue weighted by Gasteiger charge is 2.35. The lowest BCUT2D eigenvalue weighted by Crippen LogP contribution is -2.39. The summed E-state index contributed by atoms with van der Waals surface area (Å²) < 4.78 is 27.4. The van der Waals surface area contributed by atoms with Gasteiger partial charge in [-0.3, -0.25) is 0 Å². The van der Waals surface area contributed by atoms with Gasteiger partial charge in [-0.25, -0.2) is 8.42 Å². The van der Waals surface area contributed by atoms with Crippen molar-refractivity contribution in [3.8, 4) is 0 Å². The van der Waals surface area contributed by atoms with Crippen LogP contribution >= 0.6 is 11.8 Å². The molecule has 1 aromatic rings. The van der Waals surface area contributed by atoms with Gasteiger partial charge in [0.25, 0.3) is 0 Å². The van der Waals surface area contributed by atoms with E-state index in [2.05, 4.69) is 5.32 Å². The molecule has 0 radical (unpaired) electrons. The quantitative estimate of drug-likeness (QED) is 0.867. The number of rotatable bonds is 3. The molecule has 20 heavy (non-hydrogen) atoms. The molecule has 6 heteroatoms. The molecule has 110 valence electrons. The molecule has 1 N–H and O–H groups in total. The van der Waals surface area contributed by atoms with Crippen LogP contribution in [0.15, 0.2) is 34.1 Å². The van der Waals surface area contributed by atoms with Crippen molar-refractivity contribution in [3.05, 3.63) is 24.3 Å². The molecular weight excluding hydrogens is 292 g/mol. The van der Waals surface area contributed by atoms with Crippen LogP contribution in [0.25, 0.3) is 0 Å². The van der Waals surface area contributed by atoms with Crippen LogP contribution in [-0.2, 0) is 10.0 Å². The number of nitrogens with one attached hydrogen (secondary N) is 1. The molecular formula is C14H20N2O2S2. The van der Waals surface area contributed by atoms with E-state index >= 15 is 0 Å². The van der Waals surface area contributed by atoms with Crippen LogP contribution in [0.4, 0.5) is 0 Å². The summed E-state index contributed by atoms with van der Waals surface area (Å²) in [6, 6.07) is 8.10. The van der Waals surface area contributed by atoms with Gasteiger partial charge in [0.05, 0.1) is 4.90 Å². The summed E-state index contributed by atoms with van der Waals surface area (Å²) in [5.41, 5.74) is 0. The summed E-state index contributed by atoms with van der Waals surface area (Å²) in [6.07, 6.45) is 5.10. The molecule has 0 saturated carbocycles. The fourth-order valence-electron chi connectivity index (χ4n) is 3.10. The van der Waals surface area contributed by atoms with E-state index in [1.54, 1.807) is 16.4 Å². The van der Waals surface area contributed by atoms with Crippen LogP contribution in [-0.4, -0.2) is 44.2 Å². The molecule has 1 aromatic carbocycles. The van der Waals surface area contributed by atoms with Gasteiger partial charge in [-0.05, 0) is 37.7 Å². The minimum atomic E-state index is -3.38. The summed E-state index contributed by atoms with van der Waals surface area (Å²) in [5, 5.41) is 3.52. The maximum Gasteiger partial charge on any atom is 0.244 e. The summed E-state index contributed by atoms with van der Waals surface area (Å²) in [4.78, 5) is 1.28. The molecule has 2 fully saturated rings. The lowest BCUT2D eigenvalue weighted by atomic mass is 10.1. The number of nitrogens with zero attached hydrogens (tertiary/aromatic N) is 1. The first-order valence-electron chi connectivity index (χ1n) is 7.00. The molecule has 0 aliphatic carbocycles. The van der Waals surface area contributed by atoms with Gasteiger partial charge < -0.3 is 5.32 Å². The number of hydrogen-bond acceptors (Lipinski definition) is 4. The zero-order valence-corrected chi connectivity index (χ0v) is 13.2. The molecule has 2 heterocycles. The van der Waals surface area contributed by atoms with Gasteiger partial charge in [0.1, 0.15) is 0 Å². The van der Waals surface area contributed by atoms with Gasteiger partial charge in [-0.1, -0.05) is 12.1 Å². The molecule has 0 amide bonds. The molecule has 2 aliphatic rings. The smallest absolute Gasteiger partial charge is 0.244 e. The summed E-state index contributed by atoms with van der Waals surface area (Å²) in [6.45, 7) is 1.22. The van der Waals surface area contributed by atoms with Gasteiger partial charge in [0, 0.05) is 30.1 Å². The highest BCUT2D eigenvalue weighted by Crippen LogP contribution is 2.29. The molecule has 0 aromatic heterocycles. The maximum absolute atomic E-state index is 12.9. The Bertz CT molecular complexity index is 589. The maximum atomic E-state index is 12.9. The third-order valence-electron chi connectivity index (χ3n) is 4.17. The lowest BCUT2D eigenvalue weighted by molar-refractivity contribution is 0.382. The molecule has 4 nitrogen and oxygen atoms in total. The van der Waals surface area contributed by atoms with Crippen molar-refractivity contribution in [2.75, 3.05) is 19.3 Å². The average Bonchev–Trinajstić information content (AvgIpc) is 2.77. The predicted octanol–water partition coefficient (Wildman–Crippen LogP) is 1.92. The van der Waals surface area contributed by atoms with Gasteiger partial charge in [0.15, 0.2) is 0 Å². The fourth-order valence-corrected chi connectivity index (χ4v) is 5.72. The van der Waals surface area contributed by atoms with Crippen LogP contribution in [0.3, 0.4) is 0 Å². The van der Waals surface area contributed by atoms with Crippen molar-refractivity contribution in [2.24, 2.45) is 0 Å². The number of fused-ring (bicyclic) bond motifs is 2. The van der Waals surface area contributed by atoms with Crippen molar-refractivity contribution in [1.82, 2.24) is 9.62 Å². The van der Waals surface area contributed by atoms with E-state index in [1.165, 1.54) is 18.2 Å². The zero-order valence-electron chi connectivity index (χ0n) is 11.6. The van der Waals surface area contributed by atoms with Crippen molar-refractivity contribution < 1.29 is 8.42 Å². The lowest BCUT2D eigenvalue weighted by Gasteiger charge is -2.24.